The van der Waals surface area contributed by atoms with E-state index in [1.807, 2.05) is 35.2 Å². The Balaban J connectivity index is 1.75. The van der Waals surface area contributed by atoms with Crippen LogP contribution in [-0.4, -0.2) is 37.0 Å². The van der Waals surface area contributed by atoms with E-state index in [2.05, 4.69) is 0 Å². The van der Waals surface area contributed by atoms with E-state index in [-0.39, 0.29) is 11.9 Å². The lowest BCUT2D eigenvalue weighted by Gasteiger charge is -2.37. The van der Waals surface area contributed by atoms with Gasteiger partial charge in [-0.1, -0.05) is 30.3 Å². The number of benzene rings is 1. The molecule has 1 unspecified atom stereocenters. The van der Waals surface area contributed by atoms with Crippen LogP contribution in [-0.2, 0) is 9.53 Å². The molecule has 4 nitrogen and oxygen atoms in total. The standard InChI is InChI=1S/C16H22N2O2/c1-20-15(11-5-3-2-4-6-11)16(19)18-9-12-7-8-13(10-18)14(12)17/h2-6,12-15H,7-10,17H2,1H3/t12-,13+,14?,15-/m0/s1. The highest BCUT2D eigenvalue weighted by molar-refractivity contribution is 5.82. The van der Waals surface area contributed by atoms with Gasteiger partial charge in [-0.25, -0.2) is 0 Å². The molecule has 1 saturated carbocycles. The predicted octanol–water partition coefficient (Wildman–Crippen LogP) is 1.57. The van der Waals surface area contributed by atoms with Crippen LogP contribution >= 0.6 is 0 Å². The van der Waals surface area contributed by atoms with Gasteiger partial charge in [-0.15, -0.1) is 0 Å². The SMILES string of the molecule is CO[C@H](C(=O)N1C[C@H]2CC[C@@H](C1)C2N)c1ccccc1. The molecule has 0 aromatic heterocycles. The van der Waals surface area contributed by atoms with Crippen molar-refractivity contribution in [3.8, 4) is 0 Å². The first kappa shape index (κ1) is 13.6. The number of ether oxygens (including phenoxy) is 1. The average molecular weight is 274 g/mol. The number of hydrogen-bond acceptors (Lipinski definition) is 3. The Kier molecular flexibility index (Phi) is 3.76. The molecule has 2 fully saturated rings. The van der Waals surface area contributed by atoms with Crippen LogP contribution in [0.15, 0.2) is 30.3 Å². The van der Waals surface area contributed by atoms with E-state index in [9.17, 15) is 4.79 Å². The third kappa shape index (κ3) is 2.34. The first-order valence-electron chi connectivity index (χ1n) is 7.33. The Morgan fingerprint density at radius 1 is 1.25 bits per heavy atom. The molecule has 2 aliphatic rings. The van der Waals surface area contributed by atoms with Gasteiger partial charge in [0.05, 0.1) is 0 Å². The minimum atomic E-state index is -0.495. The third-order valence-electron chi connectivity index (χ3n) is 4.78. The molecule has 2 bridgehead atoms. The van der Waals surface area contributed by atoms with Crippen LogP contribution in [0.25, 0.3) is 0 Å². The molecule has 1 aromatic rings. The van der Waals surface area contributed by atoms with Crippen molar-refractivity contribution in [2.24, 2.45) is 17.6 Å². The van der Waals surface area contributed by atoms with Gasteiger partial charge in [0.1, 0.15) is 0 Å². The molecule has 2 N–H and O–H groups in total. The van der Waals surface area contributed by atoms with Crippen LogP contribution in [0.1, 0.15) is 24.5 Å². The van der Waals surface area contributed by atoms with Crippen LogP contribution in [0.3, 0.4) is 0 Å². The Hall–Kier alpha value is -1.39. The molecule has 0 spiro atoms. The van der Waals surface area contributed by atoms with Gasteiger partial charge in [-0.05, 0) is 30.2 Å². The summed E-state index contributed by atoms with van der Waals surface area (Å²) >= 11 is 0. The molecular formula is C16H22N2O2. The summed E-state index contributed by atoms with van der Waals surface area (Å²) in [5.41, 5.74) is 7.12. The van der Waals surface area contributed by atoms with E-state index in [0.717, 1.165) is 31.5 Å². The van der Waals surface area contributed by atoms with Crippen LogP contribution < -0.4 is 5.73 Å². The maximum atomic E-state index is 12.7. The lowest BCUT2D eigenvalue weighted by Crippen LogP contribution is -2.51. The van der Waals surface area contributed by atoms with Crippen LogP contribution in [0.5, 0.6) is 0 Å². The summed E-state index contributed by atoms with van der Waals surface area (Å²) < 4.78 is 5.45. The molecule has 1 saturated heterocycles. The van der Waals surface area contributed by atoms with E-state index >= 15 is 0 Å². The molecule has 108 valence electrons. The van der Waals surface area contributed by atoms with Gasteiger partial charge in [0.2, 0.25) is 0 Å². The number of carbonyl (C=O) groups is 1. The number of carbonyl (C=O) groups excluding carboxylic acids is 1. The fourth-order valence-corrected chi connectivity index (χ4v) is 3.62. The molecule has 0 radical (unpaired) electrons. The van der Waals surface area contributed by atoms with Gasteiger partial charge >= 0.3 is 0 Å². The summed E-state index contributed by atoms with van der Waals surface area (Å²) in [6.07, 6.45) is 1.81. The van der Waals surface area contributed by atoms with Crippen LogP contribution in [0.2, 0.25) is 0 Å². The molecule has 4 atom stereocenters. The summed E-state index contributed by atoms with van der Waals surface area (Å²) in [5.74, 6) is 0.999. The highest BCUT2D eigenvalue weighted by atomic mass is 16.5. The maximum Gasteiger partial charge on any atom is 0.256 e. The van der Waals surface area contributed by atoms with Crippen molar-refractivity contribution in [3.05, 3.63) is 35.9 Å². The molecule has 20 heavy (non-hydrogen) atoms. The Labute approximate surface area is 119 Å². The molecule has 4 heteroatoms. The number of nitrogens with two attached hydrogens (primary N) is 1. The molecule has 1 aliphatic heterocycles. The van der Waals surface area contributed by atoms with E-state index in [4.69, 9.17) is 10.5 Å². The second kappa shape index (κ2) is 5.54. The van der Waals surface area contributed by atoms with Gasteiger partial charge in [0.25, 0.3) is 5.91 Å². The zero-order chi connectivity index (χ0) is 14.1. The Morgan fingerprint density at radius 2 is 1.85 bits per heavy atom. The number of rotatable bonds is 3. The number of likely N-dealkylation sites (tertiary alicyclic amines) is 1. The van der Waals surface area contributed by atoms with Crippen molar-refractivity contribution in [3.63, 3.8) is 0 Å². The fraction of sp³-hybridized carbons (Fsp3) is 0.562. The highest BCUT2D eigenvalue weighted by Gasteiger charge is 2.42. The van der Waals surface area contributed by atoms with Gasteiger partial charge in [0.15, 0.2) is 6.10 Å². The summed E-state index contributed by atoms with van der Waals surface area (Å²) in [7, 11) is 1.60. The number of nitrogens with zero attached hydrogens (tertiary/aromatic N) is 1. The molecule has 3 rings (SSSR count). The van der Waals surface area contributed by atoms with Gasteiger partial charge in [0, 0.05) is 26.2 Å². The van der Waals surface area contributed by atoms with Crippen molar-refractivity contribution in [2.75, 3.05) is 20.2 Å². The van der Waals surface area contributed by atoms with Crippen molar-refractivity contribution in [1.29, 1.82) is 0 Å². The molecular weight excluding hydrogens is 252 g/mol. The smallest absolute Gasteiger partial charge is 0.256 e. The van der Waals surface area contributed by atoms with E-state index in [1.54, 1.807) is 7.11 Å². The monoisotopic (exact) mass is 274 g/mol. The molecule has 1 aromatic carbocycles. The zero-order valence-corrected chi connectivity index (χ0v) is 11.9. The third-order valence-corrected chi connectivity index (χ3v) is 4.78. The van der Waals surface area contributed by atoms with Crippen LogP contribution in [0, 0.1) is 11.8 Å². The van der Waals surface area contributed by atoms with Crippen molar-refractivity contribution in [2.45, 2.75) is 25.0 Å². The predicted molar refractivity (Wildman–Crippen MR) is 77.0 cm³/mol. The maximum absolute atomic E-state index is 12.7. The van der Waals surface area contributed by atoms with Gasteiger partial charge in [-0.2, -0.15) is 0 Å². The van der Waals surface area contributed by atoms with E-state index in [0.29, 0.717) is 11.8 Å². The number of fused-ring (bicyclic) bond motifs is 2. The summed E-state index contributed by atoms with van der Waals surface area (Å²) in [6.45, 7) is 1.56. The van der Waals surface area contributed by atoms with Crippen LogP contribution in [0.4, 0.5) is 0 Å². The second-order valence-electron chi connectivity index (χ2n) is 5.94. The van der Waals surface area contributed by atoms with Crippen molar-refractivity contribution in [1.82, 2.24) is 4.90 Å². The highest BCUT2D eigenvalue weighted by Crippen LogP contribution is 2.36. The first-order valence-corrected chi connectivity index (χ1v) is 7.33. The van der Waals surface area contributed by atoms with E-state index < -0.39 is 6.10 Å². The molecule has 1 heterocycles. The zero-order valence-electron chi connectivity index (χ0n) is 11.9. The topological polar surface area (TPSA) is 55.6 Å². The quantitative estimate of drug-likeness (QED) is 0.910. The Bertz CT molecular complexity index is 463. The minimum Gasteiger partial charge on any atom is -0.367 e. The number of hydrogen-bond donors (Lipinski definition) is 1. The summed E-state index contributed by atoms with van der Waals surface area (Å²) in [4.78, 5) is 14.7. The number of amides is 1. The van der Waals surface area contributed by atoms with Crippen molar-refractivity contribution < 1.29 is 9.53 Å². The largest absolute Gasteiger partial charge is 0.367 e. The lowest BCUT2D eigenvalue weighted by atomic mass is 9.92. The number of piperidine rings is 1. The lowest BCUT2D eigenvalue weighted by molar-refractivity contribution is -0.144. The van der Waals surface area contributed by atoms with Gasteiger partial charge in [-0.3, -0.25) is 4.79 Å². The van der Waals surface area contributed by atoms with Gasteiger partial charge < -0.3 is 15.4 Å². The average Bonchev–Trinajstić information content (AvgIpc) is 2.70. The second-order valence-corrected chi connectivity index (χ2v) is 5.94. The fourth-order valence-electron chi connectivity index (χ4n) is 3.62. The normalized spacial score (nSPS) is 30.3. The van der Waals surface area contributed by atoms with Crippen molar-refractivity contribution >= 4 is 5.91 Å². The summed E-state index contributed by atoms with van der Waals surface area (Å²) in [6, 6.07) is 9.97. The number of methoxy groups -OCH3 is 1. The first-order chi connectivity index (χ1) is 9.70. The minimum absolute atomic E-state index is 0.0718. The molecule has 1 amide bonds. The Morgan fingerprint density at radius 3 is 2.40 bits per heavy atom. The molecule has 1 aliphatic carbocycles. The summed E-state index contributed by atoms with van der Waals surface area (Å²) in [5, 5.41) is 0. The van der Waals surface area contributed by atoms with E-state index in [1.165, 1.54) is 0 Å².